The molecular weight excluding hydrogens is 318 g/mol. The molecule has 0 saturated carbocycles. The van der Waals surface area contributed by atoms with Crippen molar-refractivity contribution in [2.75, 3.05) is 31.1 Å². The van der Waals surface area contributed by atoms with Crippen LogP contribution in [0.15, 0.2) is 22.7 Å². The van der Waals surface area contributed by atoms with Crippen molar-refractivity contribution < 1.29 is 4.79 Å². The molecule has 3 rings (SSSR count). The third-order valence-corrected chi connectivity index (χ3v) is 5.07. The SMILES string of the molecule is Cc1ccc(N2CCN(C3CCCNC3)C2=O)cc1Br. The largest absolute Gasteiger partial charge is 0.324 e. The van der Waals surface area contributed by atoms with Crippen LogP contribution in [-0.2, 0) is 0 Å². The second-order valence-corrected chi connectivity index (χ2v) is 6.42. The molecule has 20 heavy (non-hydrogen) atoms. The number of piperidine rings is 1. The van der Waals surface area contributed by atoms with Crippen LogP contribution >= 0.6 is 15.9 Å². The average Bonchev–Trinajstić information content (AvgIpc) is 2.85. The zero-order valence-electron chi connectivity index (χ0n) is 11.7. The summed E-state index contributed by atoms with van der Waals surface area (Å²) in [5.74, 6) is 0. The summed E-state index contributed by atoms with van der Waals surface area (Å²) >= 11 is 3.54. The van der Waals surface area contributed by atoms with Gasteiger partial charge in [0, 0.05) is 35.8 Å². The molecule has 2 aliphatic rings. The number of halogens is 1. The fourth-order valence-electron chi connectivity index (χ4n) is 2.98. The van der Waals surface area contributed by atoms with Crippen molar-refractivity contribution in [1.82, 2.24) is 10.2 Å². The third kappa shape index (κ3) is 2.56. The van der Waals surface area contributed by atoms with Crippen LogP contribution < -0.4 is 10.2 Å². The van der Waals surface area contributed by atoms with Crippen LogP contribution in [0.25, 0.3) is 0 Å². The Kier molecular flexibility index (Phi) is 3.98. The maximum atomic E-state index is 12.6. The maximum absolute atomic E-state index is 12.6. The van der Waals surface area contributed by atoms with E-state index in [9.17, 15) is 4.79 Å². The number of amides is 2. The van der Waals surface area contributed by atoms with Crippen molar-refractivity contribution in [1.29, 1.82) is 0 Å². The Morgan fingerprint density at radius 1 is 1.35 bits per heavy atom. The second-order valence-electron chi connectivity index (χ2n) is 5.56. The number of carbonyl (C=O) groups excluding carboxylic acids is 1. The van der Waals surface area contributed by atoms with Gasteiger partial charge in [0.25, 0.3) is 0 Å². The molecule has 1 N–H and O–H groups in total. The first kappa shape index (κ1) is 13.9. The van der Waals surface area contributed by atoms with Gasteiger partial charge in [-0.25, -0.2) is 4.79 Å². The van der Waals surface area contributed by atoms with E-state index in [0.717, 1.165) is 49.2 Å². The highest BCUT2D eigenvalue weighted by Gasteiger charge is 2.34. The second kappa shape index (κ2) is 5.74. The van der Waals surface area contributed by atoms with Gasteiger partial charge < -0.3 is 10.2 Å². The molecular formula is C15H20BrN3O. The lowest BCUT2D eigenvalue weighted by atomic mass is 10.1. The number of carbonyl (C=O) groups is 1. The molecule has 2 amide bonds. The summed E-state index contributed by atoms with van der Waals surface area (Å²) in [6, 6.07) is 6.62. The quantitative estimate of drug-likeness (QED) is 0.900. The number of benzene rings is 1. The van der Waals surface area contributed by atoms with Crippen LogP contribution in [-0.4, -0.2) is 43.2 Å². The van der Waals surface area contributed by atoms with E-state index in [4.69, 9.17) is 0 Å². The first-order valence-corrected chi connectivity index (χ1v) is 8.01. The molecule has 4 nitrogen and oxygen atoms in total. The topological polar surface area (TPSA) is 35.6 Å². The Morgan fingerprint density at radius 3 is 2.90 bits per heavy atom. The molecule has 2 fully saturated rings. The number of anilines is 1. The first-order chi connectivity index (χ1) is 9.66. The monoisotopic (exact) mass is 337 g/mol. The predicted octanol–water partition coefficient (Wildman–Crippen LogP) is 2.75. The highest BCUT2D eigenvalue weighted by atomic mass is 79.9. The van der Waals surface area contributed by atoms with E-state index in [1.165, 1.54) is 5.56 Å². The zero-order chi connectivity index (χ0) is 14.1. The number of rotatable bonds is 2. The minimum absolute atomic E-state index is 0.148. The summed E-state index contributed by atoms with van der Waals surface area (Å²) in [4.78, 5) is 16.5. The summed E-state index contributed by atoms with van der Waals surface area (Å²) in [7, 11) is 0. The van der Waals surface area contributed by atoms with Gasteiger partial charge in [-0.1, -0.05) is 22.0 Å². The normalized spacial score (nSPS) is 23.5. The Morgan fingerprint density at radius 2 is 2.20 bits per heavy atom. The number of nitrogens with zero attached hydrogens (tertiary/aromatic N) is 2. The molecule has 1 unspecified atom stereocenters. The molecule has 2 heterocycles. The summed E-state index contributed by atoms with van der Waals surface area (Å²) in [5.41, 5.74) is 2.17. The molecule has 0 radical (unpaired) electrons. The highest BCUT2D eigenvalue weighted by molar-refractivity contribution is 9.10. The Bertz CT molecular complexity index is 514. The minimum atomic E-state index is 0.148. The molecule has 2 aliphatic heterocycles. The van der Waals surface area contributed by atoms with Crippen molar-refractivity contribution in [2.24, 2.45) is 0 Å². The molecule has 0 spiro atoms. The summed E-state index contributed by atoms with van der Waals surface area (Å²) in [6.45, 7) is 5.67. The van der Waals surface area contributed by atoms with Gasteiger partial charge in [-0.3, -0.25) is 4.90 Å². The van der Waals surface area contributed by atoms with Crippen molar-refractivity contribution in [3.63, 3.8) is 0 Å². The van der Waals surface area contributed by atoms with Crippen molar-refractivity contribution in [3.05, 3.63) is 28.2 Å². The number of hydrogen-bond donors (Lipinski definition) is 1. The molecule has 1 aromatic rings. The minimum Gasteiger partial charge on any atom is -0.318 e. The Labute approximate surface area is 128 Å². The van der Waals surface area contributed by atoms with Gasteiger partial charge in [-0.05, 0) is 44.0 Å². The fourth-order valence-corrected chi connectivity index (χ4v) is 3.35. The molecule has 0 aliphatic carbocycles. The van der Waals surface area contributed by atoms with E-state index in [2.05, 4.69) is 34.2 Å². The van der Waals surface area contributed by atoms with Crippen LogP contribution in [0, 0.1) is 6.92 Å². The predicted molar refractivity (Wildman–Crippen MR) is 84.2 cm³/mol. The summed E-state index contributed by atoms with van der Waals surface area (Å²) in [6.07, 6.45) is 2.27. The van der Waals surface area contributed by atoms with Crippen molar-refractivity contribution >= 4 is 27.6 Å². The van der Waals surface area contributed by atoms with Crippen LogP contribution in [0.1, 0.15) is 18.4 Å². The molecule has 1 aromatic carbocycles. The van der Waals surface area contributed by atoms with Crippen molar-refractivity contribution in [3.8, 4) is 0 Å². The van der Waals surface area contributed by atoms with Crippen LogP contribution in [0.3, 0.4) is 0 Å². The van der Waals surface area contributed by atoms with Crippen LogP contribution in [0.2, 0.25) is 0 Å². The summed E-state index contributed by atoms with van der Waals surface area (Å²) < 4.78 is 1.06. The van der Waals surface area contributed by atoms with Gasteiger partial charge in [0.1, 0.15) is 0 Å². The van der Waals surface area contributed by atoms with Gasteiger partial charge in [-0.15, -0.1) is 0 Å². The van der Waals surface area contributed by atoms with Crippen molar-refractivity contribution in [2.45, 2.75) is 25.8 Å². The van der Waals surface area contributed by atoms with Gasteiger partial charge >= 0.3 is 6.03 Å². The molecule has 1 atom stereocenters. The van der Waals surface area contributed by atoms with E-state index < -0.39 is 0 Å². The van der Waals surface area contributed by atoms with E-state index in [1.54, 1.807) is 0 Å². The van der Waals surface area contributed by atoms with E-state index in [0.29, 0.717) is 6.04 Å². The lowest BCUT2D eigenvalue weighted by Gasteiger charge is -2.31. The van der Waals surface area contributed by atoms with Gasteiger partial charge in [0.15, 0.2) is 0 Å². The molecule has 0 aromatic heterocycles. The fraction of sp³-hybridized carbons (Fsp3) is 0.533. The van der Waals surface area contributed by atoms with Crippen LogP contribution in [0.4, 0.5) is 10.5 Å². The van der Waals surface area contributed by atoms with Gasteiger partial charge in [0.2, 0.25) is 0 Å². The molecule has 0 bridgehead atoms. The number of hydrogen-bond acceptors (Lipinski definition) is 2. The van der Waals surface area contributed by atoms with E-state index in [1.807, 2.05) is 21.9 Å². The lowest BCUT2D eigenvalue weighted by Crippen LogP contribution is -2.47. The Balaban J connectivity index is 1.76. The molecule has 5 heteroatoms. The third-order valence-electron chi connectivity index (χ3n) is 4.22. The van der Waals surface area contributed by atoms with E-state index in [-0.39, 0.29) is 6.03 Å². The molecule has 2 saturated heterocycles. The maximum Gasteiger partial charge on any atom is 0.324 e. The van der Waals surface area contributed by atoms with Gasteiger partial charge in [0.05, 0.1) is 0 Å². The highest BCUT2D eigenvalue weighted by Crippen LogP contribution is 2.27. The number of nitrogens with one attached hydrogen (secondary N) is 1. The van der Waals surface area contributed by atoms with E-state index >= 15 is 0 Å². The smallest absolute Gasteiger partial charge is 0.318 e. The van der Waals surface area contributed by atoms with Crippen LogP contribution in [0.5, 0.6) is 0 Å². The number of aryl methyl sites for hydroxylation is 1. The summed E-state index contributed by atoms with van der Waals surface area (Å²) in [5, 5.41) is 3.38. The molecule has 108 valence electrons. The standard InChI is InChI=1S/C15H20BrN3O/c1-11-4-5-12(9-14(11)16)18-7-8-19(15(18)20)13-3-2-6-17-10-13/h4-5,9,13,17H,2-3,6-8,10H2,1H3. The lowest BCUT2D eigenvalue weighted by molar-refractivity contribution is 0.187. The van der Waals surface area contributed by atoms with Gasteiger partial charge in [-0.2, -0.15) is 0 Å². The Hall–Kier alpha value is -1.07. The first-order valence-electron chi connectivity index (χ1n) is 7.22. The average molecular weight is 338 g/mol. The number of urea groups is 1. The zero-order valence-corrected chi connectivity index (χ0v) is 13.3.